The molecule has 0 radical (unpaired) electrons. The fraction of sp³-hybridized carbons (Fsp3) is 0.304. The summed E-state index contributed by atoms with van der Waals surface area (Å²) in [6, 6.07) is 11.7. The van der Waals surface area contributed by atoms with Crippen LogP contribution < -0.4 is 9.47 Å². The average Bonchev–Trinajstić information content (AvgIpc) is 2.70. The molecule has 27 heavy (non-hydrogen) atoms. The molecule has 2 aliphatic rings. The lowest BCUT2D eigenvalue weighted by Gasteiger charge is -2.29. The number of phenols is 1. The number of ether oxygens (including phenoxy) is 2. The molecule has 0 atom stereocenters. The van der Waals surface area contributed by atoms with E-state index in [2.05, 4.69) is 11.5 Å². The average molecular weight is 363 g/mol. The summed E-state index contributed by atoms with van der Waals surface area (Å²) in [5.41, 5.74) is 3.94. The molecule has 1 fully saturated rings. The summed E-state index contributed by atoms with van der Waals surface area (Å²) in [5.74, 6) is 2.41. The first-order chi connectivity index (χ1) is 13.2. The highest BCUT2D eigenvalue weighted by atomic mass is 16.5. The molecule has 0 bridgehead atoms. The molecule has 2 aliphatic heterocycles. The van der Waals surface area contributed by atoms with Crippen LogP contribution in [0.1, 0.15) is 36.0 Å². The van der Waals surface area contributed by atoms with Gasteiger partial charge in [0.2, 0.25) is 0 Å². The number of aromatic hydroxyl groups is 1. The quantitative estimate of drug-likeness (QED) is 0.853. The van der Waals surface area contributed by atoms with Crippen LogP contribution in [0, 0.1) is 0 Å². The minimum atomic E-state index is 0.281. The van der Waals surface area contributed by atoms with Crippen molar-refractivity contribution in [2.45, 2.75) is 25.8 Å². The number of hydrogen-bond acceptors (Lipinski definition) is 4. The van der Waals surface area contributed by atoms with Crippen molar-refractivity contribution >= 4 is 5.57 Å². The van der Waals surface area contributed by atoms with Crippen LogP contribution in [-0.2, 0) is 6.54 Å². The molecule has 1 saturated heterocycles. The van der Waals surface area contributed by atoms with E-state index in [4.69, 9.17) is 9.47 Å². The summed E-state index contributed by atoms with van der Waals surface area (Å²) in [7, 11) is 1.66. The van der Waals surface area contributed by atoms with E-state index < -0.39 is 0 Å². The molecule has 2 aromatic rings. The topological polar surface area (TPSA) is 41.9 Å². The van der Waals surface area contributed by atoms with Gasteiger partial charge in [0.15, 0.2) is 0 Å². The van der Waals surface area contributed by atoms with Crippen LogP contribution in [-0.4, -0.2) is 30.2 Å². The van der Waals surface area contributed by atoms with Gasteiger partial charge in [-0.1, -0.05) is 25.1 Å². The van der Waals surface area contributed by atoms with Gasteiger partial charge in [-0.15, -0.1) is 0 Å². The van der Waals surface area contributed by atoms with Crippen LogP contribution in [0.15, 0.2) is 54.8 Å². The lowest BCUT2D eigenvalue weighted by molar-refractivity contribution is 0.216. The Morgan fingerprint density at radius 3 is 2.52 bits per heavy atom. The van der Waals surface area contributed by atoms with Gasteiger partial charge in [0, 0.05) is 12.1 Å². The van der Waals surface area contributed by atoms with E-state index in [1.807, 2.05) is 36.4 Å². The molecule has 0 amide bonds. The number of rotatable bonds is 4. The van der Waals surface area contributed by atoms with E-state index in [0.717, 1.165) is 46.9 Å². The van der Waals surface area contributed by atoms with Gasteiger partial charge in [-0.3, -0.25) is 4.90 Å². The molecular weight excluding hydrogens is 338 g/mol. The molecular formula is C23H25NO3. The van der Waals surface area contributed by atoms with Crippen LogP contribution in [0.25, 0.3) is 5.57 Å². The number of phenolic OH excluding ortho intramolecular Hbond substituents is 1. The van der Waals surface area contributed by atoms with Crippen molar-refractivity contribution in [1.29, 1.82) is 0 Å². The van der Waals surface area contributed by atoms with Gasteiger partial charge < -0.3 is 14.6 Å². The monoisotopic (exact) mass is 363 g/mol. The summed E-state index contributed by atoms with van der Waals surface area (Å²) < 4.78 is 11.3. The van der Waals surface area contributed by atoms with E-state index in [1.165, 1.54) is 19.3 Å². The Labute approximate surface area is 160 Å². The van der Waals surface area contributed by atoms with E-state index in [9.17, 15) is 5.11 Å². The summed E-state index contributed by atoms with van der Waals surface area (Å²) in [4.78, 5) is 2.39. The Balaban J connectivity index is 1.73. The van der Waals surface area contributed by atoms with E-state index in [0.29, 0.717) is 12.3 Å². The Morgan fingerprint density at radius 2 is 1.81 bits per heavy atom. The second-order valence-corrected chi connectivity index (χ2v) is 7.13. The predicted molar refractivity (Wildman–Crippen MR) is 107 cm³/mol. The van der Waals surface area contributed by atoms with Crippen molar-refractivity contribution in [1.82, 2.24) is 4.90 Å². The van der Waals surface area contributed by atoms with Crippen LogP contribution in [0.5, 0.6) is 17.2 Å². The fourth-order valence-corrected chi connectivity index (χ4v) is 3.85. The summed E-state index contributed by atoms with van der Waals surface area (Å²) in [6.45, 7) is 6.84. The number of benzene rings is 2. The maximum Gasteiger partial charge on any atom is 0.143 e. The first-order valence-electron chi connectivity index (χ1n) is 9.46. The van der Waals surface area contributed by atoms with Crippen molar-refractivity contribution in [2.24, 2.45) is 0 Å². The third-order valence-corrected chi connectivity index (χ3v) is 5.30. The molecule has 4 heteroatoms. The zero-order chi connectivity index (χ0) is 18.8. The Hall–Kier alpha value is -2.72. The highest BCUT2D eigenvalue weighted by Crippen LogP contribution is 2.43. The molecule has 0 saturated carbocycles. The fourth-order valence-electron chi connectivity index (χ4n) is 3.85. The minimum absolute atomic E-state index is 0.281. The van der Waals surface area contributed by atoms with Crippen molar-refractivity contribution in [3.05, 3.63) is 71.5 Å². The van der Waals surface area contributed by atoms with Crippen LogP contribution in [0.4, 0.5) is 0 Å². The Bertz CT molecular complexity index is 877. The maximum atomic E-state index is 10.5. The predicted octanol–water partition coefficient (Wildman–Crippen LogP) is 4.72. The molecule has 4 nitrogen and oxygen atoms in total. The third kappa shape index (κ3) is 3.58. The molecule has 2 aromatic carbocycles. The van der Waals surface area contributed by atoms with Gasteiger partial charge in [-0.25, -0.2) is 0 Å². The number of allylic oxidation sites excluding steroid dienone is 1. The lowest BCUT2D eigenvalue weighted by Crippen LogP contribution is -2.29. The zero-order valence-corrected chi connectivity index (χ0v) is 15.7. The van der Waals surface area contributed by atoms with Gasteiger partial charge in [0.1, 0.15) is 23.0 Å². The molecule has 2 heterocycles. The summed E-state index contributed by atoms with van der Waals surface area (Å²) in [6.07, 6.45) is 5.65. The lowest BCUT2D eigenvalue weighted by atomic mass is 9.92. The normalized spacial score (nSPS) is 17.1. The number of fused-ring (bicyclic) bond motifs is 1. The number of hydrogen-bond donors (Lipinski definition) is 1. The van der Waals surface area contributed by atoms with Crippen LogP contribution in [0.2, 0.25) is 0 Å². The summed E-state index contributed by atoms with van der Waals surface area (Å²) >= 11 is 0. The maximum absolute atomic E-state index is 10.5. The number of likely N-dealkylation sites (tertiary alicyclic amines) is 1. The van der Waals surface area contributed by atoms with Crippen LogP contribution >= 0.6 is 0 Å². The van der Waals surface area contributed by atoms with Crippen molar-refractivity contribution in [3.63, 3.8) is 0 Å². The van der Waals surface area contributed by atoms with Gasteiger partial charge in [0.25, 0.3) is 0 Å². The largest absolute Gasteiger partial charge is 0.507 e. The second kappa shape index (κ2) is 7.49. The second-order valence-electron chi connectivity index (χ2n) is 7.13. The van der Waals surface area contributed by atoms with Gasteiger partial charge in [-0.2, -0.15) is 0 Å². The molecule has 140 valence electrons. The van der Waals surface area contributed by atoms with Crippen molar-refractivity contribution < 1.29 is 14.6 Å². The number of nitrogens with zero attached hydrogens (tertiary/aromatic N) is 1. The Morgan fingerprint density at radius 1 is 1.07 bits per heavy atom. The molecule has 1 N–H and O–H groups in total. The highest BCUT2D eigenvalue weighted by molar-refractivity contribution is 5.87. The molecule has 0 spiro atoms. The number of piperidine rings is 1. The van der Waals surface area contributed by atoms with Crippen molar-refractivity contribution in [2.75, 3.05) is 20.2 Å². The molecule has 0 unspecified atom stereocenters. The first kappa shape index (κ1) is 17.7. The molecule has 0 aromatic heterocycles. The SMILES string of the molecule is C=C1C=C(c2ccc(OC)cc2)c2ccc(O)c(CN3CCCCC3)c2O1. The minimum Gasteiger partial charge on any atom is -0.507 e. The number of methoxy groups -OCH3 is 1. The first-order valence-corrected chi connectivity index (χ1v) is 9.46. The van der Waals surface area contributed by atoms with E-state index >= 15 is 0 Å². The van der Waals surface area contributed by atoms with Crippen LogP contribution in [0.3, 0.4) is 0 Å². The van der Waals surface area contributed by atoms with Gasteiger partial charge >= 0.3 is 0 Å². The molecule has 0 aliphatic carbocycles. The van der Waals surface area contributed by atoms with E-state index in [1.54, 1.807) is 13.2 Å². The van der Waals surface area contributed by atoms with Gasteiger partial charge in [-0.05, 0) is 67.4 Å². The third-order valence-electron chi connectivity index (χ3n) is 5.30. The summed E-state index contributed by atoms with van der Waals surface area (Å²) in [5, 5.41) is 10.5. The molecule has 4 rings (SSSR count). The standard InChI is InChI=1S/C23H25NO3/c1-16-14-20(17-6-8-18(26-2)9-7-17)19-10-11-22(25)21(23(19)27-16)15-24-12-4-3-5-13-24/h6-11,14,25H,1,3-5,12-13,15H2,2H3. The van der Waals surface area contributed by atoms with E-state index in [-0.39, 0.29) is 5.75 Å². The smallest absolute Gasteiger partial charge is 0.143 e. The zero-order valence-electron chi connectivity index (χ0n) is 15.7. The Kier molecular flexibility index (Phi) is 4.90. The van der Waals surface area contributed by atoms with Crippen molar-refractivity contribution in [3.8, 4) is 17.2 Å². The highest BCUT2D eigenvalue weighted by Gasteiger charge is 2.24. The van der Waals surface area contributed by atoms with Gasteiger partial charge in [0.05, 0.1) is 12.7 Å².